The molecule has 0 aliphatic carbocycles. The molecule has 21 heavy (non-hydrogen) atoms. The van der Waals surface area contributed by atoms with Crippen LogP contribution in [-0.4, -0.2) is 23.3 Å². The molecule has 0 fully saturated rings. The lowest BCUT2D eigenvalue weighted by atomic mass is 10.0. The third-order valence-corrected chi connectivity index (χ3v) is 2.49. The molecular formula is C16H25NO4. The summed E-state index contributed by atoms with van der Waals surface area (Å²) in [6, 6.07) is 7.45. The minimum atomic E-state index is -0.832. The Kier molecular flexibility index (Phi) is 9.67. The minimum Gasteiger partial charge on any atom is -0.481 e. The first-order valence-corrected chi connectivity index (χ1v) is 7.22. The van der Waals surface area contributed by atoms with Crippen LogP contribution in [-0.2, 0) is 22.5 Å². The Balaban J connectivity index is 0.00000191. The zero-order valence-electron chi connectivity index (χ0n) is 13.2. The van der Waals surface area contributed by atoms with E-state index in [2.05, 4.69) is 5.32 Å². The molecule has 0 aliphatic rings. The van der Waals surface area contributed by atoms with E-state index in [1.165, 1.54) is 0 Å². The average Bonchev–Trinajstić information content (AvgIpc) is 2.45. The lowest BCUT2D eigenvalue weighted by molar-refractivity contribution is -0.136. The molecule has 0 saturated heterocycles. The van der Waals surface area contributed by atoms with Crippen LogP contribution in [0.5, 0.6) is 0 Å². The summed E-state index contributed by atoms with van der Waals surface area (Å²) in [6.07, 6.45) is -0.106. The summed E-state index contributed by atoms with van der Waals surface area (Å²) in [7, 11) is 0. The van der Waals surface area contributed by atoms with Crippen LogP contribution in [0.1, 0.15) is 45.2 Å². The van der Waals surface area contributed by atoms with Gasteiger partial charge in [-0.15, -0.1) is 0 Å². The SMILES string of the molecule is CC.CC(C)OC(=O)NCc1ccccc1CCC(=O)O. The van der Waals surface area contributed by atoms with Gasteiger partial charge in [0.05, 0.1) is 6.10 Å². The van der Waals surface area contributed by atoms with Crippen molar-refractivity contribution in [1.29, 1.82) is 0 Å². The van der Waals surface area contributed by atoms with E-state index < -0.39 is 12.1 Å². The van der Waals surface area contributed by atoms with Gasteiger partial charge in [0.2, 0.25) is 0 Å². The Morgan fingerprint density at radius 2 is 1.76 bits per heavy atom. The lowest BCUT2D eigenvalue weighted by Crippen LogP contribution is -2.26. The van der Waals surface area contributed by atoms with Crippen molar-refractivity contribution >= 4 is 12.1 Å². The molecule has 0 spiro atoms. The number of carbonyl (C=O) groups is 2. The van der Waals surface area contributed by atoms with Crippen LogP contribution < -0.4 is 5.32 Å². The highest BCUT2D eigenvalue weighted by Crippen LogP contribution is 2.11. The molecule has 0 saturated carbocycles. The molecule has 0 unspecified atom stereocenters. The molecule has 0 aliphatic heterocycles. The van der Waals surface area contributed by atoms with Crippen molar-refractivity contribution in [2.75, 3.05) is 0 Å². The summed E-state index contributed by atoms with van der Waals surface area (Å²) in [5.41, 5.74) is 1.83. The van der Waals surface area contributed by atoms with Crippen LogP contribution in [0.15, 0.2) is 24.3 Å². The van der Waals surface area contributed by atoms with E-state index in [-0.39, 0.29) is 12.5 Å². The van der Waals surface area contributed by atoms with Gasteiger partial charge in [-0.05, 0) is 31.4 Å². The molecule has 1 aromatic carbocycles. The number of carboxylic acids is 1. The van der Waals surface area contributed by atoms with E-state index in [1.54, 1.807) is 13.8 Å². The molecule has 118 valence electrons. The summed E-state index contributed by atoms with van der Waals surface area (Å²) in [5, 5.41) is 11.3. The molecule has 0 aromatic heterocycles. The van der Waals surface area contributed by atoms with Crippen molar-refractivity contribution in [1.82, 2.24) is 5.32 Å². The van der Waals surface area contributed by atoms with E-state index in [9.17, 15) is 9.59 Å². The molecule has 0 atom stereocenters. The third kappa shape index (κ3) is 8.68. The van der Waals surface area contributed by atoms with Gasteiger partial charge >= 0.3 is 12.1 Å². The third-order valence-electron chi connectivity index (χ3n) is 2.49. The van der Waals surface area contributed by atoms with Gasteiger partial charge in [-0.3, -0.25) is 4.79 Å². The second-order valence-electron chi connectivity index (χ2n) is 4.47. The Bertz CT molecular complexity index is 444. The average molecular weight is 295 g/mol. The van der Waals surface area contributed by atoms with Crippen LogP contribution >= 0.6 is 0 Å². The fourth-order valence-corrected chi connectivity index (χ4v) is 1.64. The van der Waals surface area contributed by atoms with Gasteiger partial charge in [0.1, 0.15) is 0 Å². The topological polar surface area (TPSA) is 75.6 Å². The molecule has 1 aromatic rings. The first-order valence-electron chi connectivity index (χ1n) is 7.22. The van der Waals surface area contributed by atoms with Gasteiger partial charge in [0.25, 0.3) is 0 Å². The number of hydrogen-bond donors (Lipinski definition) is 2. The largest absolute Gasteiger partial charge is 0.481 e. The molecule has 0 bridgehead atoms. The van der Waals surface area contributed by atoms with Crippen molar-refractivity contribution in [2.24, 2.45) is 0 Å². The van der Waals surface area contributed by atoms with Crippen LogP contribution in [0, 0.1) is 0 Å². The first kappa shape index (κ1) is 19.0. The van der Waals surface area contributed by atoms with Crippen molar-refractivity contribution in [3.63, 3.8) is 0 Å². The van der Waals surface area contributed by atoms with Gasteiger partial charge in [-0.2, -0.15) is 0 Å². The van der Waals surface area contributed by atoms with Crippen molar-refractivity contribution in [2.45, 2.75) is 53.2 Å². The molecule has 1 amide bonds. The highest BCUT2D eigenvalue weighted by molar-refractivity contribution is 5.68. The Labute approximate surface area is 126 Å². The summed E-state index contributed by atoms with van der Waals surface area (Å²) >= 11 is 0. The van der Waals surface area contributed by atoms with E-state index in [0.29, 0.717) is 13.0 Å². The molecule has 5 nitrogen and oxygen atoms in total. The van der Waals surface area contributed by atoms with Gasteiger partial charge in [-0.1, -0.05) is 38.1 Å². The Hall–Kier alpha value is -2.04. The van der Waals surface area contributed by atoms with E-state index in [1.807, 2.05) is 38.1 Å². The first-order chi connectivity index (χ1) is 9.99. The number of nitrogens with one attached hydrogen (secondary N) is 1. The number of alkyl carbamates (subject to hydrolysis) is 1. The number of carbonyl (C=O) groups excluding carboxylic acids is 1. The minimum absolute atomic E-state index is 0.0768. The number of aryl methyl sites for hydroxylation is 1. The van der Waals surface area contributed by atoms with Crippen LogP contribution in [0.3, 0.4) is 0 Å². The number of benzene rings is 1. The summed E-state index contributed by atoms with van der Waals surface area (Å²) in [4.78, 5) is 22.0. The maximum atomic E-state index is 11.4. The number of aliphatic carboxylic acids is 1. The summed E-state index contributed by atoms with van der Waals surface area (Å²) < 4.78 is 4.97. The number of hydrogen-bond acceptors (Lipinski definition) is 3. The number of amides is 1. The monoisotopic (exact) mass is 295 g/mol. The fourth-order valence-electron chi connectivity index (χ4n) is 1.64. The van der Waals surface area contributed by atoms with Gasteiger partial charge in [0.15, 0.2) is 0 Å². The number of rotatable bonds is 6. The maximum Gasteiger partial charge on any atom is 0.407 e. The summed E-state index contributed by atoms with van der Waals surface area (Å²) in [6.45, 7) is 7.89. The second kappa shape index (κ2) is 10.7. The molecule has 0 heterocycles. The van der Waals surface area contributed by atoms with Crippen LogP contribution in [0.2, 0.25) is 0 Å². The maximum absolute atomic E-state index is 11.4. The number of carboxylic acid groups (broad SMARTS) is 1. The fraction of sp³-hybridized carbons (Fsp3) is 0.500. The number of ether oxygens (including phenoxy) is 1. The molecule has 2 N–H and O–H groups in total. The predicted octanol–water partition coefficient (Wildman–Crippen LogP) is 3.36. The van der Waals surface area contributed by atoms with Crippen molar-refractivity contribution in [3.05, 3.63) is 35.4 Å². The van der Waals surface area contributed by atoms with Crippen molar-refractivity contribution < 1.29 is 19.4 Å². The second-order valence-corrected chi connectivity index (χ2v) is 4.47. The quantitative estimate of drug-likeness (QED) is 0.843. The zero-order chi connectivity index (χ0) is 16.3. The standard InChI is InChI=1S/C14H19NO4.C2H6/c1-10(2)19-14(18)15-9-12-6-4-3-5-11(12)7-8-13(16)17;1-2/h3-6,10H,7-9H2,1-2H3,(H,15,18)(H,16,17);1-2H3. The molecule has 0 radical (unpaired) electrons. The molecule has 1 rings (SSSR count). The molecule has 5 heteroatoms. The van der Waals surface area contributed by atoms with E-state index in [0.717, 1.165) is 11.1 Å². The summed E-state index contributed by atoms with van der Waals surface area (Å²) in [5.74, 6) is -0.832. The highest BCUT2D eigenvalue weighted by Gasteiger charge is 2.08. The van der Waals surface area contributed by atoms with Crippen LogP contribution in [0.4, 0.5) is 4.79 Å². The van der Waals surface area contributed by atoms with Gasteiger partial charge in [-0.25, -0.2) is 4.79 Å². The lowest BCUT2D eigenvalue weighted by Gasteiger charge is -2.12. The van der Waals surface area contributed by atoms with E-state index in [4.69, 9.17) is 9.84 Å². The highest BCUT2D eigenvalue weighted by atomic mass is 16.6. The Morgan fingerprint density at radius 3 is 2.29 bits per heavy atom. The predicted molar refractivity (Wildman–Crippen MR) is 82.2 cm³/mol. The van der Waals surface area contributed by atoms with E-state index >= 15 is 0 Å². The normalized spacial score (nSPS) is 9.57. The van der Waals surface area contributed by atoms with Gasteiger partial charge in [0, 0.05) is 13.0 Å². The van der Waals surface area contributed by atoms with Gasteiger partial charge < -0.3 is 15.2 Å². The van der Waals surface area contributed by atoms with Crippen molar-refractivity contribution in [3.8, 4) is 0 Å². The molecular weight excluding hydrogens is 270 g/mol. The zero-order valence-corrected chi connectivity index (χ0v) is 13.2. The van der Waals surface area contributed by atoms with Crippen LogP contribution in [0.25, 0.3) is 0 Å². The Morgan fingerprint density at radius 1 is 1.19 bits per heavy atom. The smallest absolute Gasteiger partial charge is 0.407 e.